The number of alkyl halides is 12. The van der Waals surface area contributed by atoms with Crippen molar-refractivity contribution in [2.24, 2.45) is 0 Å². The van der Waals surface area contributed by atoms with E-state index in [4.69, 9.17) is 0 Å². The van der Waals surface area contributed by atoms with Gasteiger partial charge >= 0.3 is 42.1 Å². The second kappa shape index (κ2) is 5.19. The molecule has 15 heteroatoms. The van der Waals surface area contributed by atoms with Gasteiger partial charge in [-0.05, 0) is 0 Å². The molecule has 0 radical (unpaired) electrons. The molecule has 0 aliphatic carbocycles. The molecule has 0 aromatic rings. The first-order chi connectivity index (χ1) is 9.30. The third-order valence-electron chi connectivity index (χ3n) is 1.80. The van der Waals surface area contributed by atoms with E-state index in [9.17, 15) is 62.3 Å². The van der Waals surface area contributed by atoms with E-state index < -0.39 is 42.1 Å². The van der Waals surface area contributed by atoms with Crippen LogP contribution in [-0.4, -0.2) is 42.1 Å². The van der Waals surface area contributed by atoms with Crippen LogP contribution in [0.3, 0.4) is 0 Å². The summed E-state index contributed by atoms with van der Waals surface area (Å²) in [5.74, 6) is -29.0. The van der Waals surface area contributed by atoms with Crippen LogP contribution in [0.5, 0.6) is 0 Å². The molecule has 0 aliphatic heterocycles. The molecule has 0 unspecified atom stereocenters. The van der Waals surface area contributed by atoms with Crippen molar-refractivity contribution in [1.82, 2.24) is 0 Å². The monoisotopic (exact) mass is 360 g/mol. The lowest BCUT2D eigenvalue weighted by Gasteiger charge is -2.26. The van der Waals surface area contributed by atoms with Crippen molar-refractivity contribution in [2.75, 3.05) is 0 Å². The Bertz CT molecular complexity index is 458. The molecule has 0 aromatic carbocycles. The van der Waals surface area contributed by atoms with Crippen molar-refractivity contribution in [3.05, 3.63) is 0 Å². The van der Waals surface area contributed by atoms with Crippen molar-refractivity contribution in [1.29, 1.82) is 0 Å². The molecule has 0 fully saturated rings. The molecule has 0 bridgehead atoms. The van der Waals surface area contributed by atoms with Gasteiger partial charge in [-0.3, -0.25) is 0 Å². The summed E-state index contributed by atoms with van der Waals surface area (Å²) in [6.45, 7) is 0. The number of esters is 2. The van der Waals surface area contributed by atoms with Crippen LogP contribution in [0.4, 0.5) is 52.7 Å². The van der Waals surface area contributed by atoms with Gasteiger partial charge in [0.15, 0.2) is 0 Å². The third-order valence-corrected chi connectivity index (χ3v) is 1.80. The van der Waals surface area contributed by atoms with E-state index in [0.29, 0.717) is 0 Å². The van der Waals surface area contributed by atoms with E-state index in [1.807, 2.05) is 0 Å². The lowest BCUT2D eigenvalue weighted by molar-refractivity contribution is -0.348. The van der Waals surface area contributed by atoms with Crippen LogP contribution in [0.15, 0.2) is 0 Å². The van der Waals surface area contributed by atoms with Gasteiger partial charge in [0.2, 0.25) is 0 Å². The second-order valence-electron chi connectivity index (χ2n) is 3.40. The van der Waals surface area contributed by atoms with Gasteiger partial charge in [-0.15, -0.1) is 0 Å². The standard InChI is InChI=1S/C7F12O3/c8-3(9,5(12,13)7(17,18)19)1(20)22-2(21)4(10,11)6(14,15)16. The van der Waals surface area contributed by atoms with Crippen LogP contribution < -0.4 is 0 Å². The molecule has 0 aliphatic rings. The minimum absolute atomic E-state index is 2.11. The highest BCUT2D eigenvalue weighted by molar-refractivity contribution is 5.93. The Morgan fingerprint density at radius 3 is 1.14 bits per heavy atom. The van der Waals surface area contributed by atoms with E-state index in [-0.39, 0.29) is 0 Å². The van der Waals surface area contributed by atoms with E-state index in [2.05, 4.69) is 4.74 Å². The van der Waals surface area contributed by atoms with Crippen LogP contribution in [0.25, 0.3) is 0 Å². The number of ether oxygens (including phenoxy) is 1. The largest absolute Gasteiger partial charge is 0.465 e. The predicted octanol–water partition coefficient (Wildman–Crippen LogP) is 3.09. The topological polar surface area (TPSA) is 43.4 Å². The van der Waals surface area contributed by atoms with Crippen LogP contribution in [0.2, 0.25) is 0 Å². The molecule has 3 nitrogen and oxygen atoms in total. The fourth-order valence-electron chi connectivity index (χ4n) is 0.634. The van der Waals surface area contributed by atoms with Crippen LogP contribution in [0, 0.1) is 0 Å². The number of carbonyl (C=O) groups is 2. The number of carbonyl (C=O) groups excluding carboxylic acids is 2. The van der Waals surface area contributed by atoms with Gasteiger partial charge in [-0.2, -0.15) is 52.7 Å². The van der Waals surface area contributed by atoms with E-state index in [0.717, 1.165) is 0 Å². The summed E-state index contributed by atoms with van der Waals surface area (Å²) in [6, 6.07) is 0. The molecule has 22 heavy (non-hydrogen) atoms. The predicted molar refractivity (Wildman–Crippen MR) is 38.0 cm³/mol. The Morgan fingerprint density at radius 1 is 0.545 bits per heavy atom. The van der Waals surface area contributed by atoms with Crippen LogP contribution in [0.1, 0.15) is 0 Å². The minimum Gasteiger partial charge on any atom is -0.384 e. The summed E-state index contributed by atoms with van der Waals surface area (Å²) in [4.78, 5) is 20.4. The van der Waals surface area contributed by atoms with Gasteiger partial charge < -0.3 is 4.74 Å². The van der Waals surface area contributed by atoms with Gasteiger partial charge in [-0.25, -0.2) is 9.59 Å². The Kier molecular flexibility index (Phi) is 4.79. The zero-order chi connectivity index (χ0) is 18.4. The van der Waals surface area contributed by atoms with Crippen molar-refractivity contribution >= 4 is 11.9 Å². The maximum atomic E-state index is 12.5. The average Bonchev–Trinajstić information content (AvgIpc) is 2.25. The lowest BCUT2D eigenvalue weighted by Crippen LogP contribution is -2.58. The Morgan fingerprint density at radius 2 is 0.864 bits per heavy atom. The molecular formula is C7F12O3. The van der Waals surface area contributed by atoms with Crippen LogP contribution in [-0.2, 0) is 14.3 Å². The van der Waals surface area contributed by atoms with Crippen LogP contribution >= 0.6 is 0 Å². The maximum Gasteiger partial charge on any atom is 0.465 e. The summed E-state index contributed by atoms with van der Waals surface area (Å²) < 4.78 is 146. The van der Waals surface area contributed by atoms with Crippen molar-refractivity contribution < 1.29 is 67.0 Å². The normalized spacial score (nSPS) is 14.7. The molecule has 0 heterocycles. The van der Waals surface area contributed by atoms with Gasteiger partial charge in [0.05, 0.1) is 0 Å². The van der Waals surface area contributed by atoms with Gasteiger partial charge in [-0.1, -0.05) is 0 Å². The van der Waals surface area contributed by atoms with Gasteiger partial charge in [0.1, 0.15) is 0 Å². The number of hydrogen-bond donors (Lipinski definition) is 0. The first-order valence-corrected chi connectivity index (χ1v) is 4.33. The maximum absolute atomic E-state index is 12.5. The fraction of sp³-hybridized carbons (Fsp3) is 0.714. The molecule has 0 rings (SSSR count). The first kappa shape index (κ1) is 20.3. The highest BCUT2D eigenvalue weighted by Crippen LogP contribution is 2.47. The quantitative estimate of drug-likeness (QED) is 0.442. The van der Waals surface area contributed by atoms with Gasteiger partial charge in [0.25, 0.3) is 0 Å². The highest BCUT2D eigenvalue weighted by atomic mass is 19.4. The molecule has 0 atom stereocenters. The molecule has 0 N–H and O–H groups in total. The highest BCUT2D eigenvalue weighted by Gasteiger charge is 2.78. The molecule has 0 saturated heterocycles. The molecule has 0 saturated carbocycles. The lowest BCUT2D eigenvalue weighted by atomic mass is 10.1. The zero-order valence-electron chi connectivity index (χ0n) is 9.26. The molecule has 0 amide bonds. The Labute approximate surface area is 110 Å². The molecule has 0 aromatic heterocycles. The summed E-state index contributed by atoms with van der Waals surface area (Å²) in [6.07, 6.45) is -13.9. The summed E-state index contributed by atoms with van der Waals surface area (Å²) >= 11 is 0. The van der Waals surface area contributed by atoms with Crippen molar-refractivity contribution in [2.45, 2.75) is 30.1 Å². The van der Waals surface area contributed by atoms with Crippen molar-refractivity contribution in [3.8, 4) is 0 Å². The SMILES string of the molecule is O=C(OC(=O)C(F)(F)C(F)(F)C(F)(F)F)C(F)(F)C(F)(F)F. The fourth-order valence-corrected chi connectivity index (χ4v) is 0.634. The minimum atomic E-state index is -7.19. The summed E-state index contributed by atoms with van der Waals surface area (Å²) in [7, 11) is 0. The Balaban J connectivity index is 5.44. The third kappa shape index (κ3) is 3.21. The first-order valence-electron chi connectivity index (χ1n) is 4.33. The summed E-state index contributed by atoms with van der Waals surface area (Å²) in [5, 5.41) is 0. The number of hydrogen-bond acceptors (Lipinski definition) is 3. The summed E-state index contributed by atoms with van der Waals surface area (Å²) in [5.41, 5.74) is 0. The Hall–Kier alpha value is -1.70. The average molecular weight is 360 g/mol. The van der Waals surface area contributed by atoms with E-state index >= 15 is 0 Å². The molecular weight excluding hydrogens is 360 g/mol. The second-order valence-corrected chi connectivity index (χ2v) is 3.40. The van der Waals surface area contributed by atoms with Gasteiger partial charge in [0, 0.05) is 0 Å². The van der Waals surface area contributed by atoms with E-state index in [1.54, 1.807) is 0 Å². The zero-order valence-corrected chi connectivity index (χ0v) is 9.26. The smallest absolute Gasteiger partial charge is 0.384 e. The van der Waals surface area contributed by atoms with E-state index in [1.165, 1.54) is 0 Å². The van der Waals surface area contributed by atoms with Crippen molar-refractivity contribution in [3.63, 3.8) is 0 Å². The number of halogens is 12. The molecule has 130 valence electrons. The number of rotatable bonds is 3. The molecule has 0 spiro atoms.